The predicted octanol–water partition coefficient (Wildman–Crippen LogP) is 2.55. The molecule has 8 heteroatoms. The van der Waals surface area contributed by atoms with E-state index in [1.807, 2.05) is 4.90 Å². The first-order valence-electron chi connectivity index (χ1n) is 8.90. The van der Waals surface area contributed by atoms with Crippen molar-refractivity contribution in [3.8, 4) is 0 Å². The number of amides is 1. The van der Waals surface area contributed by atoms with E-state index >= 15 is 0 Å². The van der Waals surface area contributed by atoms with Crippen LogP contribution < -0.4 is 4.90 Å². The molecule has 0 N–H and O–H groups in total. The quantitative estimate of drug-likeness (QED) is 0.803. The van der Waals surface area contributed by atoms with Gasteiger partial charge >= 0.3 is 6.18 Å². The van der Waals surface area contributed by atoms with Crippen LogP contribution in [0.1, 0.15) is 28.8 Å². The smallest absolute Gasteiger partial charge is 0.376 e. The maximum Gasteiger partial charge on any atom is 0.416 e. The van der Waals surface area contributed by atoms with E-state index in [2.05, 4.69) is 0 Å². The van der Waals surface area contributed by atoms with Crippen LogP contribution in [0.2, 0.25) is 0 Å². The second kappa shape index (κ2) is 6.74. The molecule has 0 radical (unpaired) electrons. The van der Waals surface area contributed by atoms with Crippen LogP contribution >= 0.6 is 0 Å². The van der Waals surface area contributed by atoms with Crippen molar-refractivity contribution in [1.82, 2.24) is 4.90 Å². The van der Waals surface area contributed by atoms with E-state index in [1.165, 1.54) is 6.07 Å². The number of benzene rings is 1. The lowest BCUT2D eigenvalue weighted by Crippen LogP contribution is -2.55. The van der Waals surface area contributed by atoms with Crippen LogP contribution in [-0.4, -0.2) is 62.4 Å². The van der Waals surface area contributed by atoms with Crippen molar-refractivity contribution in [3.05, 3.63) is 29.3 Å². The van der Waals surface area contributed by atoms with Gasteiger partial charge in [-0.2, -0.15) is 13.2 Å². The number of ether oxygens (including phenoxy) is 2. The van der Waals surface area contributed by atoms with Gasteiger partial charge in [0, 0.05) is 26.2 Å². The van der Waals surface area contributed by atoms with Gasteiger partial charge in [0.05, 0.1) is 42.2 Å². The Morgan fingerprint density at radius 2 is 1.73 bits per heavy atom. The summed E-state index contributed by atoms with van der Waals surface area (Å²) in [5, 5.41) is 0. The Morgan fingerprint density at radius 1 is 1.08 bits per heavy atom. The highest BCUT2D eigenvalue weighted by atomic mass is 19.4. The second-order valence-electron chi connectivity index (χ2n) is 7.05. The number of alkyl halides is 3. The Kier molecular flexibility index (Phi) is 4.56. The Balaban J connectivity index is 1.65. The number of nitrogens with zero attached hydrogens (tertiary/aromatic N) is 2. The highest BCUT2D eigenvalue weighted by molar-refractivity contribution is 6.00. The van der Waals surface area contributed by atoms with Gasteiger partial charge in [-0.25, -0.2) is 0 Å². The van der Waals surface area contributed by atoms with E-state index in [4.69, 9.17) is 9.47 Å². The SMILES string of the molecule is O=C(c1ccc(C(F)(F)F)cc1N1CCCC1)N1CC2COCC(C1)O2. The molecule has 26 heavy (non-hydrogen) atoms. The minimum atomic E-state index is -4.43. The molecule has 3 fully saturated rings. The van der Waals surface area contributed by atoms with E-state index < -0.39 is 11.7 Å². The Labute approximate surface area is 149 Å². The van der Waals surface area contributed by atoms with Gasteiger partial charge in [0.1, 0.15) is 0 Å². The zero-order valence-corrected chi connectivity index (χ0v) is 14.3. The van der Waals surface area contributed by atoms with Crippen LogP contribution in [0.3, 0.4) is 0 Å². The molecule has 0 spiro atoms. The number of hydrogen-bond acceptors (Lipinski definition) is 4. The summed E-state index contributed by atoms with van der Waals surface area (Å²) in [6, 6.07) is 3.43. The van der Waals surface area contributed by atoms with Crippen LogP contribution in [0.15, 0.2) is 18.2 Å². The molecule has 1 amide bonds. The molecule has 142 valence electrons. The number of fused-ring (bicyclic) bond motifs is 2. The van der Waals surface area contributed by atoms with E-state index in [9.17, 15) is 18.0 Å². The monoisotopic (exact) mass is 370 g/mol. The van der Waals surface area contributed by atoms with Crippen LogP contribution in [-0.2, 0) is 15.7 Å². The average Bonchev–Trinajstić information content (AvgIpc) is 3.14. The third kappa shape index (κ3) is 3.40. The fourth-order valence-corrected chi connectivity index (χ4v) is 3.88. The zero-order valence-electron chi connectivity index (χ0n) is 14.3. The van der Waals surface area contributed by atoms with Gasteiger partial charge in [-0.1, -0.05) is 0 Å². The van der Waals surface area contributed by atoms with Gasteiger partial charge in [-0.15, -0.1) is 0 Å². The second-order valence-corrected chi connectivity index (χ2v) is 7.05. The van der Waals surface area contributed by atoms with Crippen LogP contribution in [0.5, 0.6) is 0 Å². The van der Waals surface area contributed by atoms with Gasteiger partial charge in [0.25, 0.3) is 5.91 Å². The van der Waals surface area contributed by atoms with Gasteiger partial charge in [-0.05, 0) is 31.0 Å². The Hall–Kier alpha value is -1.80. The molecule has 1 aromatic carbocycles. The molecule has 3 saturated heterocycles. The van der Waals surface area contributed by atoms with Crippen molar-refractivity contribution in [1.29, 1.82) is 0 Å². The number of halogens is 3. The summed E-state index contributed by atoms with van der Waals surface area (Å²) in [5.74, 6) is -0.235. The summed E-state index contributed by atoms with van der Waals surface area (Å²) in [6.07, 6.45) is -2.93. The molecule has 2 bridgehead atoms. The number of anilines is 1. The molecular formula is C18H21F3N2O3. The molecular weight excluding hydrogens is 349 g/mol. The summed E-state index contributed by atoms with van der Waals surface area (Å²) < 4.78 is 50.6. The van der Waals surface area contributed by atoms with Crippen molar-refractivity contribution in [2.75, 3.05) is 44.3 Å². The standard InChI is InChI=1S/C18H21F3N2O3/c19-18(20,21)12-3-4-15(16(7-12)22-5-1-2-6-22)17(24)23-8-13-10-25-11-14(9-23)26-13/h3-4,7,13-14H,1-2,5-6,8-11H2. The summed E-state index contributed by atoms with van der Waals surface area (Å²) in [4.78, 5) is 16.7. The zero-order chi connectivity index (χ0) is 18.3. The van der Waals surface area contributed by atoms with Crippen molar-refractivity contribution in [2.45, 2.75) is 31.2 Å². The fraction of sp³-hybridized carbons (Fsp3) is 0.611. The normalized spacial score (nSPS) is 26.3. The number of carbonyl (C=O) groups is 1. The first-order valence-corrected chi connectivity index (χ1v) is 8.90. The summed E-state index contributed by atoms with van der Waals surface area (Å²) >= 11 is 0. The third-order valence-electron chi connectivity index (χ3n) is 5.13. The summed E-state index contributed by atoms with van der Waals surface area (Å²) in [6.45, 7) is 3.01. The van der Waals surface area contributed by atoms with Crippen LogP contribution in [0, 0.1) is 0 Å². The van der Waals surface area contributed by atoms with E-state index in [1.54, 1.807) is 4.90 Å². The first-order chi connectivity index (χ1) is 12.4. The van der Waals surface area contributed by atoms with Gasteiger partial charge < -0.3 is 19.3 Å². The van der Waals surface area contributed by atoms with Crippen molar-refractivity contribution in [2.24, 2.45) is 0 Å². The number of morpholine rings is 1. The summed E-state index contributed by atoms with van der Waals surface area (Å²) in [5.41, 5.74) is -0.000727. The first kappa shape index (κ1) is 17.6. The van der Waals surface area contributed by atoms with Crippen molar-refractivity contribution >= 4 is 11.6 Å². The number of hydrogen-bond donors (Lipinski definition) is 0. The van der Waals surface area contributed by atoms with Crippen LogP contribution in [0.25, 0.3) is 0 Å². The van der Waals surface area contributed by atoms with Gasteiger partial charge in [0.15, 0.2) is 0 Å². The maximum atomic E-state index is 13.2. The molecule has 2 unspecified atom stereocenters. The lowest BCUT2D eigenvalue weighted by Gasteiger charge is -2.41. The van der Waals surface area contributed by atoms with E-state index in [0.717, 1.165) is 25.0 Å². The van der Waals surface area contributed by atoms with Crippen LogP contribution in [0.4, 0.5) is 18.9 Å². The Bertz CT molecular complexity index is 677. The lowest BCUT2D eigenvalue weighted by molar-refractivity contribution is -0.171. The molecule has 3 aliphatic rings. The largest absolute Gasteiger partial charge is 0.416 e. The average molecular weight is 370 g/mol. The molecule has 2 atom stereocenters. The molecule has 3 aliphatic heterocycles. The highest BCUT2D eigenvalue weighted by Gasteiger charge is 2.37. The number of rotatable bonds is 2. The summed E-state index contributed by atoms with van der Waals surface area (Å²) in [7, 11) is 0. The number of carbonyl (C=O) groups excluding carboxylic acids is 1. The Morgan fingerprint density at radius 3 is 2.35 bits per heavy atom. The molecule has 0 saturated carbocycles. The third-order valence-corrected chi connectivity index (χ3v) is 5.13. The minimum Gasteiger partial charge on any atom is -0.376 e. The predicted molar refractivity (Wildman–Crippen MR) is 88.3 cm³/mol. The van der Waals surface area contributed by atoms with Gasteiger partial charge in [-0.3, -0.25) is 4.79 Å². The maximum absolute atomic E-state index is 13.2. The van der Waals surface area contributed by atoms with E-state index in [-0.39, 0.29) is 18.1 Å². The molecule has 0 aliphatic carbocycles. The molecule has 5 nitrogen and oxygen atoms in total. The van der Waals surface area contributed by atoms with E-state index in [0.29, 0.717) is 50.6 Å². The highest BCUT2D eigenvalue weighted by Crippen LogP contribution is 2.35. The van der Waals surface area contributed by atoms with Gasteiger partial charge in [0.2, 0.25) is 0 Å². The lowest BCUT2D eigenvalue weighted by atomic mass is 10.0. The minimum absolute atomic E-state index is 0.170. The topological polar surface area (TPSA) is 42.0 Å². The fourth-order valence-electron chi connectivity index (χ4n) is 3.88. The molecule has 4 rings (SSSR count). The molecule has 1 aromatic rings. The molecule has 3 heterocycles. The van der Waals surface area contributed by atoms with Crippen molar-refractivity contribution < 1.29 is 27.4 Å². The van der Waals surface area contributed by atoms with Crippen molar-refractivity contribution in [3.63, 3.8) is 0 Å². The molecule has 0 aromatic heterocycles.